The van der Waals surface area contributed by atoms with Crippen molar-refractivity contribution in [3.05, 3.63) is 0 Å². The van der Waals surface area contributed by atoms with Crippen molar-refractivity contribution >= 4 is 37.2 Å². The molecule has 0 saturated carbocycles. The van der Waals surface area contributed by atoms with Crippen molar-refractivity contribution in [1.29, 1.82) is 0 Å². The Morgan fingerprint density at radius 3 is 1.30 bits per heavy atom. The van der Waals surface area contributed by atoms with Gasteiger partial charge in [-0.15, -0.1) is 37.2 Å². The van der Waals surface area contributed by atoms with Crippen LogP contribution < -0.4 is 16.8 Å². The SMILES string of the molecule is Cl.Cl.Cl.NC1CNCC1N. The van der Waals surface area contributed by atoms with Gasteiger partial charge in [0, 0.05) is 25.2 Å². The van der Waals surface area contributed by atoms with E-state index in [0.717, 1.165) is 13.1 Å². The van der Waals surface area contributed by atoms with Crippen molar-refractivity contribution in [3.63, 3.8) is 0 Å². The van der Waals surface area contributed by atoms with Crippen LogP contribution in [-0.2, 0) is 0 Å². The van der Waals surface area contributed by atoms with Crippen LogP contribution in [-0.4, -0.2) is 25.2 Å². The molecule has 10 heavy (non-hydrogen) atoms. The number of nitrogens with two attached hydrogens (primary N) is 2. The summed E-state index contributed by atoms with van der Waals surface area (Å²) in [4.78, 5) is 0. The highest BCUT2D eigenvalue weighted by atomic mass is 35.5. The van der Waals surface area contributed by atoms with Gasteiger partial charge in [0.2, 0.25) is 0 Å². The quantitative estimate of drug-likeness (QED) is 0.506. The number of hydrogen-bond donors (Lipinski definition) is 3. The van der Waals surface area contributed by atoms with Crippen LogP contribution in [0.25, 0.3) is 0 Å². The van der Waals surface area contributed by atoms with Crippen molar-refractivity contribution in [1.82, 2.24) is 5.32 Å². The summed E-state index contributed by atoms with van der Waals surface area (Å²) in [6.07, 6.45) is 0. The minimum atomic E-state index is 0. The largest absolute Gasteiger partial charge is 0.325 e. The van der Waals surface area contributed by atoms with E-state index in [1.165, 1.54) is 0 Å². The van der Waals surface area contributed by atoms with Crippen LogP contribution in [0.1, 0.15) is 0 Å². The molecular weight excluding hydrogens is 196 g/mol. The molecule has 0 aliphatic carbocycles. The van der Waals surface area contributed by atoms with E-state index in [-0.39, 0.29) is 49.3 Å². The number of rotatable bonds is 0. The maximum absolute atomic E-state index is 5.49. The molecule has 0 bridgehead atoms. The normalized spacial score (nSPS) is 29.4. The zero-order valence-corrected chi connectivity index (χ0v) is 7.90. The maximum atomic E-state index is 5.49. The predicted molar refractivity (Wildman–Crippen MR) is 50.6 cm³/mol. The minimum absolute atomic E-state index is 0. The summed E-state index contributed by atoms with van der Waals surface area (Å²) in [5, 5.41) is 3.07. The molecule has 0 radical (unpaired) electrons. The Kier molecular flexibility index (Phi) is 13.4. The summed E-state index contributed by atoms with van der Waals surface area (Å²) in [5.41, 5.74) is 11.0. The molecule has 66 valence electrons. The van der Waals surface area contributed by atoms with Crippen LogP contribution in [0.3, 0.4) is 0 Å². The van der Waals surface area contributed by atoms with Gasteiger partial charge in [0.1, 0.15) is 0 Å². The molecular formula is C4H14Cl3N3. The van der Waals surface area contributed by atoms with E-state index in [1.54, 1.807) is 0 Å². The maximum Gasteiger partial charge on any atom is 0.0331 e. The molecule has 2 unspecified atom stereocenters. The molecule has 0 aromatic carbocycles. The topological polar surface area (TPSA) is 64.1 Å². The Morgan fingerprint density at radius 2 is 1.20 bits per heavy atom. The summed E-state index contributed by atoms with van der Waals surface area (Å²) in [6.45, 7) is 1.75. The molecule has 5 N–H and O–H groups in total. The minimum Gasteiger partial charge on any atom is -0.325 e. The number of halogens is 3. The van der Waals surface area contributed by atoms with E-state index in [4.69, 9.17) is 11.5 Å². The molecule has 0 aromatic heterocycles. The van der Waals surface area contributed by atoms with E-state index in [9.17, 15) is 0 Å². The molecule has 1 saturated heterocycles. The molecule has 0 amide bonds. The van der Waals surface area contributed by atoms with Gasteiger partial charge >= 0.3 is 0 Å². The summed E-state index contributed by atoms with van der Waals surface area (Å²) < 4.78 is 0. The second kappa shape index (κ2) is 7.85. The van der Waals surface area contributed by atoms with E-state index in [2.05, 4.69) is 5.32 Å². The first-order valence-corrected chi connectivity index (χ1v) is 2.52. The first-order chi connectivity index (χ1) is 3.30. The van der Waals surface area contributed by atoms with Gasteiger partial charge in [-0.3, -0.25) is 0 Å². The van der Waals surface area contributed by atoms with Gasteiger partial charge in [-0.05, 0) is 0 Å². The highest BCUT2D eigenvalue weighted by Gasteiger charge is 2.17. The van der Waals surface area contributed by atoms with Crippen LogP contribution in [0.2, 0.25) is 0 Å². The fourth-order valence-electron chi connectivity index (χ4n) is 0.719. The molecule has 6 heteroatoms. The van der Waals surface area contributed by atoms with E-state index in [1.807, 2.05) is 0 Å². The molecule has 1 rings (SSSR count). The summed E-state index contributed by atoms with van der Waals surface area (Å²) in [7, 11) is 0. The average Bonchev–Trinajstić information content (AvgIpc) is 1.91. The van der Waals surface area contributed by atoms with Crippen molar-refractivity contribution < 1.29 is 0 Å². The van der Waals surface area contributed by atoms with Gasteiger partial charge in [-0.1, -0.05) is 0 Å². The molecule has 1 aliphatic heterocycles. The third kappa shape index (κ3) is 4.55. The third-order valence-corrected chi connectivity index (χ3v) is 1.31. The number of nitrogens with one attached hydrogen (secondary N) is 1. The molecule has 0 aromatic rings. The smallest absolute Gasteiger partial charge is 0.0331 e. The summed E-state index contributed by atoms with van der Waals surface area (Å²) >= 11 is 0. The molecule has 1 heterocycles. The third-order valence-electron chi connectivity index (χ3n) is 1.31. The molecule has 0 spiro atoms. The first kappa shape index (κ1) is 17.0. The highest BCUT2D eigenvalue weighted by Crippen LogP contribution is 1.90. The fraction of sp³-hybridized carbons (Fsp3) is 1.00. The lowest BCUT2D eigenvalue weighted by atomic mass is 10.2. The average molecular weight is 211 g/mol. The predicted octanol–water partition coefficient (Wildman–Crippen LogP) is -0.490. The van der Waals surface area contributed by atoms with Crippen molar-refractivity contribution in [3.8, 4) is 0 Å². The van der Waals surface area contributed by atoms with Crippen molar-refractivity contribution in [2.45, 2.75) is 12.1 Å². The summed E-state index contributed by atoms with van der Waals surface area (Å²) in [5.74, 6) is 0. The van der Waals surface area contributed by atoms with Gasteiger partial charge in [-0.2, -0.15) is 0 Å². The zero-order valence-electron chi connectivity index (χ0n) is 5.45. The number of hydrogen-bond acceptors (Lipinski definition) is 3. The second-order valence-electron chi connectivity index (χ2n) is 1.99. The van der Waals surface area contributed by atoms with Gasteiger partial charge in [0.15, 0.2) is 0 Å². The lowest BCUT2D eigenvalue weighted by molar-refractivity contribution is 0.642. The van der Waals surface area contributed by atoms with Crippen molar-refractivity contribution in [2.24, 2.45) is 11.5 Å². The van der Waals surface area contributed by atoms with Gasteiger partial charge in [-0.25, -0.2) is 0 Å². The lowest BCUT2D eigenvalue weighted by Gasteiger charge is -2.04. The van der Waals surface area contributed by atoms with Crippen LogP contribution in [0.4, 0.5) is 0 Å². The van der Waals surface area contributed by atoms with Gasteiger partial charge in [0.05, 0.1) is 0 Å². The molecule has 2 atom stereocenters. The summed E-state index contributed by atoms with van der Waals surface area (Å²) in [6, 6.07) is 0.361. The monoisotopic (exact) mass is 209 g/mol. The second-order valence-corrected chi connectivity index (χ2v) is 1.99. The Morgan fingerprint density at radius 1 is 0.900 bits per heavy atom. The van der Waals surface area contributed by atoms with Crippen LogP contribution in [0.5, 0.6) is 0 Å². The Bertz CT molecular complexity index is 64.8. The fourth-order valence-corrected chi connectivity index (χ4v) is 0.719. The standard InChI is InChI=1S/C4H11N3.3ClH/c5-3-1-7-2-4(3)6;;;/h3-4,7H,1-2,5-6H2;3*1H. The highest BCUT2D eigenvalue weighted by molar-refractivity contribution is 5.86. The molecule has 1 aliphatic rings. The van der Waals surface area contributed by atoms with E-state index in [0.29, 0.717) is 0 Å². The lowest BCUT2D eigenvalue weighted by Crippen LogP contribution is -2.39. The zero-order chi connectivity index (χ0) is 5.28. The van der Waals surface area contributed by atoms with Crippen LogP contribution in [0.15, 0.2) is 0 Å². The van der Waals surface area contributed by atoms with Gasteiger partial charge < -0.3 is 16.8 Å². The Hall–Kier alpha value is 0.750. The molecule has 1 fully saturated rings. The van der Waals surface area contributed by atoms with Crippen molar-refractivity contribution in [2.75, 3.05) is 13.1 Å². The van der Waals surface area contributed by atoms with Crippen LogP contribution >= 0.6 is 37.2 Å². The van der Waals surface area contributed by atoms with Gasteiger partial charge in [0.25, 0.3) is 0 Å². The Labute approximate surface area is 79.5 Å². The molecule has 3 nitrogen and oxygen atoms in total. The Balaban J connectivity index is -0.000000163. The first-order valence-electron chi connectivity index (χ1n) is 2.52. The van der Waals surface area contributed by atoms with E-state index < -0.39 is 0 Å². The van der Waals surface area contributed by atoms with E-state index >= 15 is 0 Å². The van der Waals surface area contributed by atoms with Crippen LogP contribution in [0, 0.1) is 0 Å².